The monoisotopic (exact) mass is 294 g/mol. The molecule has 1 saturated heterocycles. The Hall–Kier alpha value is -1.07. The van der Waals surface area contributed by atoms with Crippen LogP contribution in [0.1, 0.15) is 30.9 Å². The molecule has 0 aliphatic carbocycles. The Morgan fingerprint density at radius 2 is 2.25 bits per heavy atom. The van der Waals surface area contributed by atoms with E-state index in [9.17, 15) is 4.79 Å². The molecule has 0 radical (unpaired) electrons. The molecule has 1 aliphatic rings. The summed E-state index contributed by atoms with van der Waals surface area (Å²) in [6.07, 6.45) is 6.80. The fraction of sp³-hybridized carbons (Fsp3) is 0.600. The molecule has 0 spiro atoms. The Morgan fingerprint density at radius 3 is 2.80 bits per heavy atom. The minimum atomic E-state index is -0.154. The van der Waals surface area contributed by atoms with Gasteiger partial charge in [-0.15, -0.1) is 11.8 Å². The molecule has 1 N–H and O–H groups in total. The third kappa shape index (κ3) is 3.96. The van der Waals surface area contributed by atoms with E-state index in [1.165, 1.54) is 0 Å². The second-order valence-electron chi connectivity index (χ2n) is 5.08. The Morgan fingerprint density at radius 1 is 1.50 bits per heavy atom. The molecular weight excluding hydrogens is 272 g/mol. The van der Waals surface area contributed by atoms with Gasteiger partial charge in [0.1, 0.15) is 0 Å². The Kier molecular flexibility index (Phi) is 5.86. The van der Waals surface area contributed by atoms with Crippen LogP contribution in [0.15, 0.2) is 23.2 Å². The van der Waals surface area contributed by atoms with Crippen molar-refractivity contribution in [2.75, 3.05) is 26.5 Å². The molecule has 1 aliphatic heterocycles. The summed E-state index contributed by atoms with van der Waals surface area (Å²) in [5.41, 5.74) is 0.869. The van der Waals surface area contributed by atoms with E-state index in [0.29, 0.717) is 5.92 Å². The van der Waals surface area contributed by atoms with Gasteiger partial charge in [-0.2, -0.15) is 0 Å². The van der Waals surface area contributed by atoms with E-state index < -0.39 is 0 Å². The summed E-state index contributed by atoms with van der Waals surface area (Å²) in [6.45, 7) is 1.62. The maximum absolute atomic E-state index is 12.2. The van der Waals surface area contributed by atoms with Gasteiger partial charge in [0.2, 0.25) is 5.91 Å². The van der Waals surface area contributed by atoms with Crippen LogP contribution in [0.3, 0.4) is 0 Å². The predicted octanol–water partition coefficient (Wildman–Crippen LogP) is 2.45. The third-order valence-corrected chi connectivity index (χ3v) is 4.54. The number of ether oxygens (including phenoxy) is 1. The molecule has 0 aromatic carbocycles. The lowest BCUT2D eigenvalue weighted by molar-refractivity contribution is -0.122. The Bertz CT molecular complexity index is 430. The Labute approximate surface area is 124 Å². The number of carbonyl (C=O) groups is 1. The lowest BCUT2D eigenvalue weighted by Crippen LogP contribution is -2.29. The zero-order valence-corrected chi connectivity index (χ0v) is 12.9. The number of rotatable bonds is 5. The van der Waals surface area contributed by atoms with Gasteiger partial charge < -0.3 is 10.1 Å². The number of nitrogens with one attached hydrogen (secondary N) is 1. The molecule has 20 heavy (non-hydrogen) atoms. The van der Waals surface area contributed by atoms with Crippen LogP contribution in [0.5, 0.6) is 0 Å². The van der Waals surface area contributed by atoms with Crippen molar-refractivity contribution in [2.45, 2.75) is 30.1 Å². The molecule has 5 heteroatoms. The summed E-state index contributed by atoms with van der Waals surface area (Å²) in [4.78, 5) is 17.7. The van der Waals surface area contributed by atoms with Crippen molar-refractivity contribution in [2.24, 2.45) is 5.92 Å². The van der Waals surface area contributed by atoms with Gasteiger partial charge in [0.05, 0.1) is 11.6 Å². The van der Waals surface area contributed by atoms with Crippen LogP contribution in [-0.2, 0) is 9.53 Å². The molecule has 1 atom stereocenters. The number of pyridine rings is 1. The van der Waals surface area contributed by atoms with Crippen LogP contribution >= 0.6 is 11.8 Å². The van der Waals surface area contributed by atoms with Gasteiger partial charge in [0.15, 0.2) is 0 Å². The van der Waals surface area contributed by atoms with Gasteiger partial charge in [-0.1, -0.05) is 0 Å². The number of nitrogens with zero attached hydrogens (tertiary/aromatic N) is 1. The first-order valence-electron chi connectivity index (χ1n) is 7.04. The molecule has 1 aromatic heterocycles. The maximum atomic E-state index is 12.2. The first kappa shape index (κ1) is 15.3. The SMILES string of the molecule is CNC(=O)C(CC1CCOCC1)c1ccc(SC)cn1. The average molecular weight is 294 g/mol. The first-order chi connectivity index (χ1) is 9.74. The van der Waals surface area contributed by atoms with E-state index in [1.807, 2.05) is 24.6 Å². The molecule has 0 bridgehead atoms. The van der Waals surface area contributed by atoms with Gasteiger partial charge >= 0.3 is 0 Å². The van der Waals surface area contributed by atoms with E-state index in [0.717, 1.165) is 43.1 Å². The van der Waals surface area contributed by atoms with E-state index in [4.69, 9.17) is 4.74 Å². The van der Waals surface area contributed by atoms with Crippen molar-refractivity contribution in [3.05, 3.63) is 24.0 Å². The number of aromatic nitrogens is 1. The van der Waals surface area contributed by atoms with Crippen LogP contribution in [0.2, 0.25) is 0 Å². The number of likely N-dealkylation sites (N-methyl/N-ethyl adjacent to an activating group) is 1. The molecule has 110 valence electrons. The van der Waals surface area contributed by atoms with Crippen molar-refractivity contribution in [1.82, 2.24) is 10.3 Å². The molecule has 2 rings (SSSR count). The van der Waals surface area contributed by atoms with Crippen molar-refractivity contribution in [3.8, 4) is 0 Å². The van der Waals surface area contributed by atoms with Crippen molar-refractivity contribution in [1.29, 1.82) is 0 Å². The van der Waals surface area contributed by atoms with Gasteiger partial charge in [0.25, 0.3) is 0 Å². The lowest BCUT2D eigenvalue weighted by Gasteiger charge is -2.25. The molecule has 1 aromatic rings. The second-order valence-corrected chi connectivity index (χ2v) is 5.96. The average Bonchev–Trinajstić information content (AvgIpc) is 2.53. The molecule has 1 fully saturated rings. The van der Waals surface area contributed by atoms with Gasteiger partial charge in [0, 0.05) is 31.4 Å². The zero-order chi connectivity index (χ0) is 14.4. The smallest absolute Gasteiger partial charge is 0.228 e. The van der Waals surface area contributed by atoms with Crippen molar-refractivity contribution < 1.29 is 9.53 Å². The molecule has 2 heterocycles. The zero-order valence-electron chi connectivity index (χ0n) is 12.1. The topological polar surface area (TPSA) is 51.2 Å². The fourth-order valence-electron chi connectivity index (χ4n) is 2.57. The van der Waals surface area contributed by atoms with Crippen molar-refractivity contribution in [3.63, 3.8) is 0 Å². The summed E-state index contributed by atoms with van der Waals surface area (Å²) < 4.78 is 5.39. The van der Waals surface area contributed by atoms with Gasteiger partial charge in [-0.3, -0.25) is 9.78 Å². The molecule has 0 saturated carbocycles. The minimum Gasteiger partial charge on any atom is -0.381 e. The summed E-state index contributed by atoms with van der Waals surface area (Å²) in [6, 6.07) is 4.01. The highest BCUT2D eigenvalue weighted by Gasteiger charge is 2.26. The van der Waals surface area contributed by atoms with Gasteiger partial charge in [-0.05, 0) is 43.6 Å². The van der Waals surface area contributed by atoms with Gasteiger partial charge in [-0.25, -0.2) is 0 Å². The molecule has 1 amide bonds. The lowest BCUT2D eigenvalue weighted by atomic mass is 9.86. The first-order valence-corrected chi connectivity index (χ1v) is 8.26. The van der Waals surface area contributed by atoms with E-state index in [-0.39, 0.29) is 11.8 Å². The summed E-state index contributed by atoms with van der Waals surface area (Å²) in [5, 5.41) is 2.77. The highest BCUT2D eigenvalue weighted by atomic mass is 32.2. The third-order valence-electron chi connectivity index (χ3n) is 3.82. The second kappa shape index (κ2) is 7.64. The standard InChI is InChI=1S/C15H22N2O2S/c1-16-15(18)13(9-11-5-7-19-8-6-11)14-4-3-12(20-2)10-17-14/h3-4,10-11,13H,5-9H2,1-2H3,(H,16,18). The molecule has 4 nitrogen and oxygen atoms in total. The number of hydrogen-bond acceptors (Lipinski definition) is 4. The molecule has 1 unspecified atom stereocenters. The molecular formula is C15H22N2O2S. The largest absolute Gasteiger partial charge is 0.381 e. The van der Waals surface area contributed by atoms with Crippen LogP contribution in [-0.4, -0.2) is 37.4 Å². The maximum Gasteiger partial charge on any atom is 0.228 e. The number of carbonyl (C=O) groups excluding carboxylic acids is 1. The highest BCUT2D eigenvalue weighted by molar-refractivity contribution is 7.98. The Balaban J connectivity index is 2.10. The van der Waals surface area contributed by atoms with Crippen LogP contribution in [0.25, 0.3) is 0 Å². The quantitative estimate of drug-likeness (QED) is 0.848. The number of amides is 1. The highest BCUT2D eigenvalue weighted by Crippen LogP contribution is 2.29. The predicted molar refractivity (Wildman–Crippen MR) is 81.0 cm³/mol. The summed E-state index contributed by atoms with van der Waals surface area (Å²) >= 11 is 1.66. The number of thioether (sulfide) groups is 1. The van der Waals surface area contributed by atoms with Crippen LogP contribution in [0.4, 0.5) is 0 Å². The minimum absolute atomic E-state index is 0.0564. The normalized spacial score (nSPS) is 17.7. The van der Waals surface area contributed by atoms with Crippen molar-refractivity contribution >= 4 is 17.7 Å². The summed E-state index contributed by atoms with van der Waals surface area (Å²) in [5.74, 6) is 0.452. The van der Waals surface area contributed by atoms with Crippen LogP contribution in [0, 0.1) is 5.92 Å². The number of hydrogen-bond donors (Lipinski definition) is 1. The fourth-order valence-corrected chi connectivity index (χ4v) is 2.93. The van der Waals surface area contributed by atoms with E-state index in [1.54, 1.807) is 18.8 Å². The van der Waals surface area contributed by atoms with E-state index >= 15 is 0 Å². The van der Waals surface area contributed by atoms with E-state index in [2.05, 4.69) is 10.3 Å². The van der Waals surface area contributed by atoms with Crippen LogP contribution < -0.4 is 5.32 Å². The summed E-state index contributed by atoms with van der Waals surface area (Å²) in [7, 11) is 1.69.